The van der Waals surface area contributed by atoms with Gasteiger partial charge >= 0.3 is 11.9 Å². The molecule has 1 atom stereocenters. The lowest BCUT2D eigenvalue weighted by Crippen LogP contribution is -2.38. The van der Waals surface area contributed by atoms with E-state index in [0.29, 0.717) is 47.9 Å². The zero-order valence-electron chi connectivity index (χ0n) is 20.7. The van der Waals surface area contributed by atoms with Crippen molar-refractivity contribution in [2.24, 2.45) is 10.9 Å². The Hall–Kier alpha value is -3.64. The zero-order chi connectivity index (χ0) is 27.7. The minimum Gasteiger partial charge on any atom is -0.478 e. The fourth-order valence-corrected chi connectivity index (χ4v) is 5.97. The quantitative estimate of drug-likeness (QED) is 0.289. The van der Waals surface area contributed by atoms with Crippen molar-refractivity contribution < 1.29 is 28.2 Å². The van der Waals surface area contributed by atoms with Crippen LogP contribution in [0.4, 0.5) is 8.78 Å². The first-order chi connectivity index (χ1) is 18.8. The number of benzene rings is 1. The van der Waals surface area contributed by atoms with Gasteiger partial charge in [-0.1, -0.05) is 17.7 Å². The molecule has 0 bridgehead atoms. The number of carbonyl (C=O) groups excluding carboxylic acids is 1. The third kappa shape index (κ3) is 5.18. The number of hydrogen-bond acceptors (Lipinski definition) is 8. The number of ether oxygens (including phenoxy) is 1. The minimum atomic E-state index is -1.26. The number of aliphatic carboxylic acids is 1. The van der Waals surface area contributed by atoms with Gasteiger partial charge in [0.25, 0.3) is 0 Å². The number of thiazole rings is 1. The van der Waals surface area contributed by atoms with Gasteiger partial charge < -0.3 is 15.2 Å². The second-order valence-corrected chi connectivity index (χ2v) is 10.4. The Labute approximate surface area is 231 Å². The summed E-state index contributed by atoms with van der Waals surface area (Å²) in [7, 11) is 0. The van der Waals surface area contributed by atoms with Crippen LogP contribution in [0.3, 0.4) is 0 Å². The van der Waals surface area contributed by atoms with Crippen LogP contribution < -0.4 is 5.32 Å². The Kier molecular flexibility index (Phi) is 7.76. The molecule has 2 aromatic heterocycles. The van der Waals surface area contributed by atoms with Gasteiger partial charge in [-0.3, -0.25) is 9.67 Å². The Bertz CT molecular complexity index is 1460. The topological polar surface area (TPSA) is 119 Å². The van der Waals surface area contributed by atoms with Crippen LogP contribution in [0.25, 0.3) is 0 Å². The van der Waals surface area contributed by atoms with E-state index in [4.69, 9.17) is 16.3 Å². The van der Waals surface area contributed by atoms with Crippen LogP contribution in [0, 0.1) is 17.6 Å². The fraction of sp³-hybridized carbons (Fsp3) is 0.346. The van der Waals surface area contributed by atoms with Crippen LogP contribution in [0.15, 0.2) is 52.2 Å². The predicted octanol–water partition coefficient (Wildman–Crippen LogP) is 5.31. The molecular weight excluding hydrogens is 552 g/mol. The molecule has 2 aliphatic rings. The summed E-state index contributed by atoms with van der Waals surface area (Å²) in [4.78, 5) is 33.8. The Balaban J connectivity index is 1.49. The zero-order valence-corrected chi connectivity index (χ0v) is 22.3. The summed E-state index contributed by atoms with van der Waals surface area (Å²) in [5.74, 6) is -3.98. The van der Waals surface area contributed by atoms with Crippen molar-refractivity contribution in [3.8, 4) is 0 Å². The maximum atomic E-state index is 14.4. The number of aliphatic imine (C=N–C) groups is 1. The predicted molar refractivity (Wildman–Crippen MR) is 140 cm³/mol. The summed E-state index contributed by atoms with van der Waals surface area (Å²) in [6.07, 6.45) is 5.55. The minimum absolute atomic E-state index is 0.0466. The summed E-state index contributed by atoms with van der Waals surface area (Å²) in [6.45, 7) is 1.99. The van der Waals surface area contributed by atoms with Crippen molar-refractivity contribution in [1.82, 2.24) is 20.1 Å². The van der Waals surface area contributed by atoms with Crippen LogP contribution in [0.5, 0.6) is 0 Å². The van der Waals surface area contributed by atoms with Gasteiger partial charge in [0.2, 0.25) is 0 Å². The van der Waals surface area contributed by atoms with Crippen LogP contribution in [-0.4, -0.2) is 44.3 Å². The van der Waals surface area contributed by atoms with E-state index < -0.39 is 34.6 Å². The highest BCUT2D eigenvalue weighted by Gasteiger charge is 2.38. The SMILES string of the molecule is CCOC(=O)c1ccnn1C1CCC(C2=C(C(=O)O)C(c3ccc(F)c(F)c3Cl)N=C(c3nccs3)N2)CC1. The van der Waals surface area contributed by atoms with Crippen LogP contribution in [0.2, 0.25) is 5.02 Å². The van der Waals surface area contributed by atoms with Gasteiger partial charge in [0.15, 0.2) is 22.5 Å². The number of amidine groups is 1. The Morgan fingerprint density at radius 2 is 1.97 bits per heavy atom. The molecule has 0 radical (unpaired) electrons. The molecular formula is C26H24ClF2N5O4S. The van der Waals surface area contributed by atoms with Gasteiger partial charge in [-0.25, -0.2) is 23.4 Å². The number of nitrogens with zero attached hydrogens (tertiary/aromatic N) is 4. The lowest BCUT2D eigenvalue weighted by Gasteiger charge is -2.35. The van der Waals surface area contributed by atoms with E-state index >= 15 is 0 Å². The van der Waals surface area contributed by atoms with Gasteiger partial charge in [0.1, 0.15) is 11.7 Å². The highest BCUT2D eigenvalue weighted by molar-refractivity contribution is 7.11. The summed E-state index contributed by atoms with van der Waals surface area (Å²) < 4.78 is 35.1. The van der Waals surface area contributed by atoms with E-state index in [0.717, 1.165) is 6.07 Å². The number of carbonyl (C=O) groups is 2. The molecule has 13 heteroatoms. The lowest BCUT2D eigenvalue weighted by atomic mass is 9.80. The normalized spacial score (nSPS) is 21.3. The highest BCUT2D eigenvalue weighted by atomic mass is 35.5. The van der Waals surface area contributed by atoms with Gasteiger partial charge in [-0.15, -0.1) is 11.3 Å². The van der Waals surface area contributed by atoms with Crippen molar-refractivity contribution in [3.05, 3.63) is 80.2 Å². The molecule has 3 aromatic rings. The van der Waals surface area contributed by atoms with Gasteiger partial charge in [-0.05, 0) is 50.7 Å². The molecule has 0 spiro atoms. The molecule has 2 N–H and O–H groups in total. The Morgan fingerprint density at radius 1 is 1.21 bits per heavy atom. The number of carboxylic acid groups (broad SMARTS) is 1. The highest BCUT2D eigenvalue weighted by Crippen LogP contribution is 2.43. The number of hydrogen-bond donors (Lipinski definition) is 2. The van der Waals surface area contributed by atoms with E-state index in [1.54, 1.807) is 35.4 Å². The molecule has 3 heterocycles. The first-order valence-electron chi connectivity index (χ1n) is 12.4. The fourth-order valence-electron chi connectivity index (χ4n) is 5.13. The Morgan fingerprint density at radius 3 is 2.64 bits per heavy atom. The number of esters is 1. The number of rotatable bonds is 7. The summed E-state index contributed by atoms with van der Waals surface area (Å²) in [6, 6.07) is 2.53. The molecule has 1 aromatic carbocycles. The third-order valence-electron chi connectivity index (χ3n) is 6.91. The van der Waals surface area contributed by atoms with Crippen LogP contribution in [-0.2, 0) is 9.53 Å². The van der Waals surface area contributed by atoms with Gasteiger partial charge in [0.05, 0.1) is 23.2 Å². The second kappa shape index (κ2) is 11.2. The number of halogens is 3. The van der Waals surface area contributed by atoms with Gasteiger partial charge in [0, 0.05) is 29.0 Å². The summed E-state index contributed by atoms with van der Waals surface area (Å²) in [5.41, 5.74) is 0.758. The van der Waals surface area contributed by atoms with Crippen LogP contribution >= 0.6 is 22.9 Å². The molecule has 0 amide bonds. The first kappa shape index (κ1) is 26.9. The van der Waals surface area contributed by atoms with Crippen molar-refractivity contribution >= 4 is 40.7 Å². The van der Waals surface area contributed by atoms with Gasteiger partial charge in [-0.2, -0.15) is 5.10 Å². The largest absolute Gasteiger partial charge is 0.478 e. The van der Waals surface area contributed by atoms with E-state index in [-0.39, 0.29) is 29.7 Å². The molecule has 1 unspecified atom stereocenters. The van der Waals surface area contributed by atoms with Crippen molar-refractivity contribution in [2.75, 3.05) is 6.61 Å². The van der Waals surface area contributed by atoms with E-state index in [1.165, 1.54) is 17.4 Å². The molecule has 5 rings (SSSR count). The number of carboxylic acids is 1. The van der Waals surface area contributed by atoms with E-state index in [1.807, 2.05) is 0 Å². The van der Waals surface area contributed by atoms with Crippen molar-refractivity contribution in [3.63, 3.8) is 0 Å². The molecule has 1 aliphatic heterocycles. The monoisotopic (exact) mass is 575 g/mol. The van der Waals surface area contributed by atoms with Crippen molar-refractivity contribution in [1.29, 1.82) is 0 Å². The molecule has 204 valence electrons. The van der Waals surface area contributed by atoms with Crippen LogP contribution in [0.1, 0.15) is 65.8 Å². The lowest BCUT2D eigenvalue weighted by molar-refractivity contribution is -0.133. The van der Waals surface area contributed by atoms with E-state index in [9.17, 15) is 23.5 Å². The number of aromatic nitrogens is 3. The standard InChI is InChI=1S/C26H24ClF2N5O4S/c1-2-38-26(37)17-9-10-31-34(17)14-5-3-13(4-6-14)21-18(25(35)36)22(15-7-8-16(28)20(29)19(15)27)33-23(32-21)24-30-11-12-39-24/h7-14,22H,2-6H2,1H3,(H,32,33)(H,35,36). The molecule has 9 nitrogen and oxygen atoms in total. The average molecular weight is 576 g/mol. The summed E-state index contributed by atoms with van der Waals surface area (Å²) >= 11 is 7.47. The van der Waals surface area contributed by atoms with E-state index in [2.05, 4.69) is 20.4 Å². The molecule has 1 saturated carbocycles. The second-order valence-electron chi connectivity index (χ2n) is 9.13. The number of nitrogens with one attached hydrogen (secondary N) is 1. The maximum Gasteiger partial charge on any atom is 0.356 e. The molecule has 1 aliphatic carbocycles. The first-order valence-corrected chi connectivity index (χ1v) is 13.6. The summed E-state index contributed by atoms with van der Waals surface area (Å²) in [5, 5.41) is 19.6. The maximum absolute atomic E-state index is 14.4. The smallest absolute Gasteiger partial charge is 0.356 e. The number of allylic oxidation sites excluding steroid dienone is 1. The average Bonchev–Trinajstić information content (AvgIpc) is 3.64. The molecule has 39 heavy (non-hydrogen) atoms. The molecule has 1 fully saturated rings. The van der Waals surface area contributed by atoms with Crippen molar-refractivity contribution in [2.45, 2.75) is 44.7 Å². The third-order valence-corrected chi connectivity index (χ3v) is 8.07. The molecule has 0 saturated heterocycles.